The largest absolute Gasteiger partial charge is 0.295 e. The quantitative estimate of drug-likeness (QED) is 0.607. The molecule has 0 radical (unpaired) electrons. The average Bonchev–Trinajstić information content (AvgIpc) is 2.53. The molecule has 0 saturated carbocycles. The third-order valence-corrected chi connectivity index (χ3v) is 4.96. The Morgan fingerprint density at radius 2 is 1.82 bits per heavy atom. The van der Waals surface area contributed by atoms with E-state index >= 15 is 0 Å². The van der Waals surface area contributed by atoms with Gasteiger partial charge in [0.25, 0.3) is 10.0 Å². The van der Waals surface area contributed by atoms with Crippen molar-refractivity contribution in [2.45, 2.75) is 11.8 Å². The van der Waals surface area contributed by atoms with Crippen molar-refractivity contribution in [1.29, 1.82) is 0 Å². The Bertz CT molecular complexity index is 783. The molecular formula is C17H17NO3S. The van der Waals surface area contributed by atoms with Gasteiger partial charge in [0.2, 0.25) is 0 Å². The maximum absolute atomic E-state index is 12.9. The number of hydrogen-bond acceptors (Lipinski definition) is 3. The maximum atomic E-state index is 12.9. The van der Waals surface area contributed by atoms with Crippen LogP contribution in [0.3, 0.4) is 0 Å². The first-order valence-corrected chi connectivity index (χ1v) is 8.20. The number of para-hydroxylation sites is 1. The van der Waals surface area contributed by atoms with Gasteiger partial charge in [0.1, 0.15) is 0 Å². The molecule has 0 aliphatic heterocycles. The third-order valence-electron chi connectivity index (χ3n) is 3.17. The summed E-state index contributed by atoms with van der Waals surface area (Å²) in [5, 5.41) is 0. The van der Waals surface area contributed by atoms with Gasteiger partial charge in [0.05, 0.1) is 17.1 Å². The minimum absolute atomic E-state index is 0.0888. The first-order chi connectivity index (χ1) is 10.5. The van der Waals surface area contributed by atoms with Gasteiger partial charge in [-0.15, -0.1) is 6.58 Å². The van der Waals surface area contributed by atoms with Crippen molar-refractivity contribution < 1.29 is 13.2 Å². The molecule has 2 aromatic rings. The van der Waals surface area contributed by atoms with Gasteiger partial charge in [-0.2, -0.15) is 0 Å². The maximum Gasteiger partial charge on any atom is 0.264 e. The Labute approximate surface area is 130 Å². The molecule has 22 heavy (non-hydrogen) atoms. The zero-order chi connectivity index (χ0) is 16.2. The molecule has 4 nitrogen and oxygen atoms in total. The third kappa shape index (κ3) is 3.26. The molecule has 0 bridgehead atoms. The SMILES string of the molecule is C=CCN(c1ccccc1)S(=O)(=O)c1cccc(C(C)=O)c1. The summed E-state index contributed by atoms with van der Waals surface area (Å²) >= 11 is 0. The van der Waals surface area contributed by atoms with Gasteiger partial charge in [-0.05, 0) is 31.2 Å². The molecule has 5 heteroatoms. The molecular weight excluding hydrogens is 298 g/mol. The lowest BCUT2D eigenvalue weighted by Gasteiger charge is -2.23. The number of ketones is 1. The van der Waals surface area contributed by atoms with E-state index in [1.165, 1.54) is 29.4 Å². The molecule has 0 spiro atoms. The highest BCUT2D eigenvalue weighted by Gasteiger charge is 2.24. The summed E-state index contributed by atoms with van der Waals surface area (Å²) in [6, 6.07) is 14.9. The van der Waals surface area contributed by atoms with E-state index in [1.807, 2.05) is 6.07 Å². The Morgan fingerprint density at radius 1 is 1.14 bits per heavy atom. The van der Waals surface area contributed by atoms with Crippen LogP contribution in [0.2, 0.25) is 0 Å². The van der Waals surface area contributed by atoms with Crippen LogP contribution in [0, 0.1) is 0 Å². The highest BCUT2D eigenvalue weighted by Crippen LogP contribution is 2.24. The average molecular weight is 315 g/mol. The van der Waals surface area contributed by atoms with Crippen LogP contribution < -0.4 is 4.31 Å². The van der Waals surface area contributed by atoms with Crippen molar-refractivity contribution >= 4 is 21.5 Å². The van der Waals surface area contributed by atoms with Crippen molar-refractivity contribution in [1.82, 2.24) is 0 Å². The van der Waals surface area contributed by atoms with Crippen LogP contribution in [-0.4, -0.2) is 20.7 Å². The molecule has 0 aromatic heterocycles. The zero-order valence-corrected chi connectivity index (χ0v) is 13.1. The van der Waals surface area contributed by atoms with E-state index in [-0.39, 0.29) is 17.2 Å². The van der Waals surface area contributed by atoms with E-state index in [9.17, 15) is 13.2 Å². The van der Waals surface area contributed by atoms with Crippen LogP contribution >= 0.6 is 0 Å². The van der Waals surface area contributed by atoms with Crippen LogP contribution in [0.25, 0.3) is 0 Å². The molecule has 0 heterocycles. The number of carbonyl (C=O) groups is 1. The molecule has 0 aliphatic carbocycles. The van der Waals surface area contributed by atoms with E-state index in [2.05, 4.69) is 6.58 Å². The summed E-state index contributed by atoms with van der Waals surface area (Å²) in [5.41, 5.74) is 0.920. The standard InChI is InChI=1S/C17H17NO3S/c1-3-12-18(16-9-5-4-6-10-16)22(20,21)17-11-7-8-15(13-17)14(2)19/h3-11,13H,1,12H2,2H3. The summed E-state index contributed by atoms with van der Waals surface area (Å²) in [6.07, 6.45) is 1.53. The topological polar surface area (TPSA) is 54.5 Å². The number of Topliss-reactive ketones (excluding diaryl/α,β-unsaturated/α-hetero) is 1. The minimum atomic E-state index is -3.76. The Hall–Kier alpha value is -2.40. The molecule has 2 rings (SSSR count). The molecule has 0 aliphatic rings. The molecule has 0 saturated heterocycles. The van der Waals surface area contributed by atoms with E-state index < -0.39 is 10.0 Å². The van der Waals surface area contributed by atoms with Crippen molar-refractivity contribution in [2.24, 2.45) is 0 Å². The monoisotopic (exact) mass is 315 g/mol. The van der Waals surface area contributed by atoms with E-state index in [0.29, 0.717) is 11.3 Å². The van der Waals surface area contributed by atoms with Gasteiger partial charge >= 0.3 is 0 Å². The fraction of sp³-hybridized carbons (Fsp3) is 0.118. The lowest BCUT2D eigenvalue weighted by molar-refractivity contribution is 0.101. The molecule has 2 aromatic carbocycles. The molecule has 0 atom stereocenters. The summed E-state index contributed by atoms with van der Waals surface area (Å²) in [7, 11) is -3.76. The summed E-state index contributed by atoms with van der Waals surface area (Å²) in [4.78, 5) is 11.6. The lowest BCUT2D eigenvalue weighted by Crippen LogP contribution is -2.31. The Morgan fingerprint density at radius 3 is 2.41 bits per heavy atom. The van der Waals surface area contributed by atoms with Crippen LogP contribution in [0.4, 0.5) is 5.69 Å². The molecule has 114 valence electrons. The molecule has 0 unspecified atom stereocenters. The van der Waals surface area contributed by atoms with Gasteiger partial charge in [0.15, 0.2) is 5.78 Å². The van der Waals surface area contributed by atoms with Gasteiger partial charge < -0.3 is 0 Å². The van der Waals surface area contributed by atoms with Crippen molar-refractivity contribution in [3.63, 3.8) is 0 Å². The first-order valence-electron chi connectivity index (χ1n) is 6.76. The lowest BCUT2D eigenvalue weighted by atomic mass is 10.2. The number of carbonyl (C=O) groups excluding carboxylic acids is 1. The van der Waals surface area contributed by atoms with Crippen LogP contribution in [-0.2, 0) is 10.0 Å². The first kappa shape index (κ1) is 16.0. The van der Waals surface area contributed by atoms with Gasteiger partial charge in [-0.3, -0.25) is 9.10 Å². The van der Waals surface area contributed by atoms with Crippen LogP contribution in [0.1, 0.15) is 17.3 Å². The smallest absolute Gasteiger partial charge is 0.264 e. The van der Waals surface area contributed by atoms with Gasteiger partial charge in [-0.25, -0.2) is 8.42 Å². The number of anilines is 1. The van der Waals surface area contributed by atoms with Crippen LogP contribution in [0.15, 0.2) is 72.1 Å². The van der Waals surface area contributed by atoms with Gasteiger partial charge in [0, 0.05) is 5.56 Å². The predicted octanol–water partition coefficient (Wildman–Crippen LogP) is 3.27. The fourth-order valence-corrected chi connectivity index (χ4v) is 3.54. The molecule has 0 amide bonds. The second-order valence-electron chi connectivity index (χ2n) is 4.74. The van der Waals surface area contributed by atoms with Crippen molar-refractivity contribution in [3.05, 3.63) is 72.8 Å². The minimum Gasteiger partial charge on any atom is -0.295 e. The van der Waals surface area contributed by atoms with E-state index in [1.54, 1.807) is 36.4 Å². The second-order valence-corrected chi connectivity index (χ2v) is 6.61. The highest BCUT2D eigenvalue weighted by molar-refractivity contribution is 7.92. The Balaban J connectivity index is 2.52. The van der Waals surface area contributed by atoms with Crippen molar-refractivity contribution in [3.8, 4) is 0 Å². The molecule has 0 N–H and O–H groups in total. The normalized spacial score (nSPS) is 11.0. The number of hydrogen-bond donors (Lipinski definition) is 0. The van der Waals surface area contributed by atoms with Gasteiger partial charge in [-0.1, -0.05) is 36.4 Å². The predicted molar refractivity (Wildman–Crippen MR) is 87.6 cm³/mol. The van der Waals surface area contributed by atoms with Crippen molar-refractivity contribution in [2.75, 3.05) is 10.8 Å². The number of rotatable bonds is 6. The number of nitrogens with zero attached hydrogens (tertiary/aromatic N) is 1. The Kier molecular flexibility index (Phi) is 4.78. The highest BCUT2D eigenvalue weighted by atomic mass is 32.2. The molecule has 0 fully saturated rings. The summed E-state index contributed by atoms with van der Waals surface area (Å²) < 4.78 is 27.0. The summed E-state index contributed by atoms with van der Waals surface area (Å²) in [5.74, 6) is -0.174. The van der Waals surface area contributed by atoms with E-state index in [0.717, 1.165) is 0 Å². The fourth-order valence-electron chi connectivity index (χ4n) is 2.06. The van der Waals surface area contributed by atoms with E-state index in [4.69, 9.17) is 0 Å². The number of sulfonamides is 1. The van der Waals surface area contributed by atoms with Crippen LogP contribution in [0.5, 0.6) is 0 Å². The zero-order valence-electron chi connectivity index (χ0n) is 12.3. The summed E-state index contributed by atoms with van der Waals surface area (Å²) in [6.45, 7) is 5.18. The number of benzene rings is 2. The second kappa shape index (κ2) is 6.58.